The van der Waals surface area contributed by atoms with Gasteiger partial charge in [-0.2, -0.15) is 5.10 Å². The number of amides is 4. The summed E-state index contributed by atoms with van der Waals surface area (Å²) in [6, 6.07) is 5.60. The molecule has 3 heterocycles. The van der Waals surface area contributed by atoms with Gasteiger partial charge in [-0.1, -0.05) is 12.1 Å². The Balaban J connectivity index is 1.61. The third-order valence-corrected chi connectivity index (χ3v) is 6.40. The van der Waals surface area contributed by atoms with Crippen LogP contribution < -0.4 is 16.0 Å². The highest BCUT2D eigenvalue weighted by Gasteiger charge is 2.42. The van der Waals surface area contributed by atoms with Crippen molar-refractivity contribution in [3.8, 4) is 0 Å². The summed E-state index contributed by atoms with van der Waals surface area (Å²) < 4.78 is 49.1. The number of alkyl halides is 2. The van der Waals surface area contributed by atoms with Gasteiger partial charge in [0.05, 0.1) is 25.7 Å². The van der Waals surface area contributed by atoms with E-state index in [0.717, 1.165) is 11.0 Å². The Bertz CT molecular complexity index is 1410. The van der Waals surface area contributed by atoms with Gasteiger partial charge in [-0.3, -0.25) is 14.3 Å². The number of anilines is 1. The third kappa shape index (κ3) is 6.39. The standard InChI is InChI=1S/C26H28F3N7O4/c1-15-4-5-17(10-18(15)27)22(34-23(37)19-7-9-32-35(19)2)24(38)33-21-11-16(6-8-30-21)20(12-40-3)36-14-26(28,29)13-31-25(36)39/h4-11,20,22H,12-14H2,1-3H3,(H,31,39)(H,34,37)(H,30,33,38)/t20-,22+/m1/s1. The van der Waals surface area contributed by atoms with Gasteiger partial charge in [0.25, 0.3) is 17.7 Å². The summed E-state index contributed by atoms with van der Waals surface area (Å²) in [5.41, 5.74) is 1.07. The van der Waals surface area contributed by atoms with Crippen molar-refractivity contribution >= 4 is 23.7 Å². The van der Waals surface area contributed by atoms with Gasteiger partial charge in [-0.15, -0.1) is 0 Å². The van der Waals surface area contributed by atoms with Crippen LogP contribution in [0.3, 0.4) is 0 Å². The predicted octanol–water partition coefficient (Wildman–Crippen LogP) is 2.72. The second-order valence-electron chi connectivity index (χ2n) is 9.33. The number of aromatic nitrogens is 3. The van der Waals surface area contributed by atoms with Crippen LogP contribution in [0.1, 0.15) is 39.3 Å². The largest absolute Gasteiger partial charge is 0.382 e. The second kappa shape index (κ2) is 11.7. The molecule has 0 aliphatic carbocycles. The number of hydrogen-bond donors (Lipinski definition) is 3. The zero-order valence-corrected chi connectivity index (χ0v) is 22.0. The Kier molecular flexibility index (Phi) is 8.38. The molecule has 1 fully saturated rings. The lowest BCUT2D eigenvalue weighted by molar-refractivity contribution is -0.118. The molecule has 1 saturated heterocycles. The summed E-state index contributed by atoms with van der Waals surface area (Å²) in [6.07, 6.45) is 2.75. The minimum absolute atomic E-state index is 0.0140. The van der Waals surface area contributed by atoms with E-state index in [2.05, 4.69) is 26.0 Å². The maximum absolute atomic E-state index is 14.4. The van der Waals surface area contributed by atoms with Gasteiger partial charge in [-0.25, -0.2) is 22.9 Å². The van der Waals surface area contributed by atoms with Crippen LogP contribution in [0.15, 0.2) is 48.8 Å². The minimum Gasteiger partial charge on any atom is -0.382 e. The van der Waals surface area contributed by atoms with E-state index in [1.165, 1.54) is 54.5 Å². The van der Waals surface area contributed by atoms with Crippen molar-refractivity contribution in [2.45, 2.75) is 24.9 Å². The number of nitrogens with zero attached hydrogens (tertiary/aromatic N) is 4. The fourth-order valence-electron chi connectivity index (χ4n) is 4.27. The van der Waals surface area contributed by atoms with E-state index >= 15 is 0 Å². The maximum atomic E-state index is 14.4. The van der Waals surface area contributed by atoms with Gasteiger partial charge in [-0.05, 0) is 47.9 Å². The van der Waals surface area contributed by atoms with Crippen molar-refractivity contribution < 1.29 is 32.3 Å². The van der Waals surface area contributed by atoms with Gasteiger partial charge < -0.3 is 25.6 Å². The van der Waals surface area contributed by atoms with E-state index in [1.54, 1.807) is 14.0 Å². The molecule has 212 valence electrons. The van der Waals surface area contributed by atoms with E-state index < -0.39 is 54.8 Å². The summed E-state index contributed by atoms with van der Waals surface area (Å²) in [5.74, 6) is -5.06. The Morgan fingerprint density at radius 1 is 1.18 bits per heavy atom. The van der Waals surface area contributed by atoms with Gasteiger partial charge in [0.1, 0.15) is 23.4 Å². The molecule has 0 saturated carbocycles. The smallest absolute Gasteiger partial charge is 0.318 e. The average Bonchev–Trinajstić information content (AvgIpc) is 3.35. The number of benzene rings is 1. The van der Waals surface area contributed by atoms with Crippen LogP contribution in [-0.4, -0.2) is 70.2 Å². The molecule has 11 nitrogen and oxygen atoms in total. The first-order chi connectivity index (χ1) is 19.0. The second-order valence-corrected chi connectivity index (χ2v) is 9.33. The molecule has 40 heavy (non-hydrogen) atoms. The van der Waals surface area contributed by atoms with Gasteiger partial charge >= 0.3 is 6.03 Å². The topological polar surface area (TPSA) is 130 Å². The molecular formula is C26H28F3N7O4. The number of pyridine rings is 1. The lowest BCUT2D eigenvalue weighted by Gasteiger charge is -2.38. The van der Waals surface area contributed by atoms with Crippen LogP contribution in [0.25, 0.3) is 0 Å². The van der Waals surface area contributed by atoms with Crippen LogP contribution in [0.5, 0.6) is 0 Å². The first-order valence-electron chi connectivity index (χ1n) is 12.2. The number of methoxy groups -OCH3 is 1. The Hall–Kier alpha value is -4.46. The van der Waals surface area contributed by atoms with Crippen LogP contribution >= 0.6 is 0 Å². The lowest BCUT2D eigenvalue weighted by atomic mass is 10.0. The molecule has 1 aromatic carbocycles. The number of carbonyl (C=O) groups excluding carboxylic acids is 3. The van der Waals surface area contributed by atoms with Crippen molar-refractivity contribution in [3.63, 3.8) is 0 Å². The highest BCUT2D eigenvalue weighted by Crippen LogP contribution is 2.29. The molecule has 1 aliphatic rings. The third-order valence-electron chi connectivity index (χ3n) is 6.40. The molecule has 4 amide bonds. The molecule has 1 aliphatic heterocycles. The molecular weight excluding hydrogens is 531 g/mol. The predicted molar refractivity (Wildman–Crippen MR) is 137 cm³/mol. The molecule has 14 heteroatoms. The average molecular weight is 560 g/mol. The zero-order chi connectivity index (χ0) is 29.0. The number of rotatable bonds is 9. The molecule has 0 unspecified atom stereocenters. The molecule has 2 aromatic heterocycles. The Labute approximate surface area is 227 Å². The summed E-state index contributed by atoms with van der Waals surface area (Å²) in [5, 5.41) is 11.3. The number of halogens is 3. The summed E-state index contributed by atoms with van der Waals surface area (Å²) in [6.45, 7) is -0.136. The van der Waals surface area contributed by atoms with Crippen LogP contribution in [0.4, 0.5) is 23.8 Å². The number of aryl methyl sites for hydroxylation is 2. The van der Waals surface area contributed by atoms with Crippen molar-refractivity contribution in [1.82, 2.24) is 30.3 Å². The molecule has 0 radical (unpaired) electrons. The highest BCUT2D eigenvalue weighted by molar-refractivity contribution is 6.00. The van der Waals surface area contributed by atoms with Crippen molar-refractivity contribution in [3.05, 3.63) is 77.0 Å². The van der Waals surface area contributed by atoms with E-state index in [0.29, 0.717) is 11.1 Å². The van der Waals surface area contributed by atoms with Crippen LogP contribution in [-0.2, 0) is 16.6 Å². The molecule has 3 N–H and O–H groups in total. The van der Waals surface area contributed by atoms with E-state index in [1.807, 2.05) is 0 Å². The quantitative estimate of drug-likeness (QED) is 0.370. The van der Waals surface area contributed by atoms with Crippen LogP contribution in [0.2, 0.25) is 0 Å². The Morgan fingerprint density at radius 2 is 1.95 bits per heavy atom. The van der Waals surface area contributed by atoms with Gasteiger partial charge in [0.2, 0.25) is 0 Å². The monoisotopic (exact) mass is 559 g/mol. The number of hydrogen-bond acceptors (Lipinski definition) is 6. The Morgan fingerprint density at radius 3 is 2.62 bits per heavy atom. The van der Waals surface area contributed by atoms with Crippen LogP contribution in [0, 0.1) is 12.7 Å². The number of carbonyl (C=O) groups is 3. The zero-order valence-electron chi connectivity index (χ0n) is 22.0. The molecule has 2 atom stereocenters. The fraction of sp³-hybridized carbons (Fsp3) is 0.346. The maximum Gasteiger partial charge on any atom is 0.318 e. The van der Waals surface area contributed by atoms with E-state index in [-0.39, 0.29) is 23.7 Å². The molecule has 3 aromatic rings. The first-order valence-corrected chi connectivity index (χ1v) is 12.2. The summed E-state index contributed by atoms with van der Waals surface area (Å²) >= 11 is 0. The number of urea groups is 1. The van der Waals surface area contributed by atoms with Crippen molar-refractivity contribution in [2.75, 3.05) is 32.1 Å². The molecule has 4 rings (SSSR count). The SMILES string of the molecule is COC[C@H](c1ccnc(NC(=O)[C@@H](NC(=O)c2ccnn2C)c2ccc(C)c(F)c2)c1)N1CC(F)(F)CNC1=O. The van der Waals surface area contributed by atoms with Gasteiger partial charge in [0, 0.05) is 26.6 Å². The lowest BCUT2D eigenvalue weighted by Crippen LogP contribution is -2.58. The molecule has 0 bridgehead atoms. The summed E-state index contributed by atoms with van der Waals surface area (Å²) in [7, 11) is 2.92. The van der Waals surface area contributed by atoms with Gasteiger partial charge in [0.15, 0.2) is 0 Å². The van der Waals surface area contributed by atoms with E-state index in [9.17, 15) is 27.6 Å². The minimum atomic E-state index is -3.15. The summed E-state index contributed by atoms with van der Waals surface area (Å²) in [4.78, 5) is 43.9. The number of nitrogens with one attached hydrogen (secondary N) is 3. The number of ether oxygens (including phenoxy) is 1. The van der Waals surface area contributed by atoms with E-state index in [4.69, 9.17) is 4.74 Å². The van der Waals surface area contributed by atoms with Crippen molar-refractivity contribution in [2.24, 2.45) is 7.05 Å². The normalized spacial score (nSPS) is 16.1. The van der Waals surface area contributed by atoms with Crippen molar-refractivity contribution in [1.29, 1.82) is 0 Å². The first kappa shape index (κ1) is 28.5. The molecule has 0 spiro atoms. The fourth-order valence-corrected chi connectivity index (χ4v) is 4.27. The highest BCUT2D eigenvalue weighted by atomic mass is 19.3.